The van der Waals surface area contributed by atoms with Gasteiger partial charge in [-0.25, -0.2) is 9.97 Å². The average Bonchev–Trinajstić information content (AvgIpc) is 3.24. The molecule has 1 saturated heterocycles. The normalized spacial score (nSPS) is 23.3. The van der Waals surface area contributed by atoms with Gasteiger partial charge in [-0.1, -0.05) is 0 Å². The molecule has 2 aliphatic rings. The number of aromatic amines is 1. The molecule has 1 N–H and O–H groups in total. The molecule has 136 valence electrons. The molecule has 1 atom stereocenters. The fraction of sp³-hybridized carbons (Fsp3) is 0.684. The lowest BCUT2D eigenvalue weighted by Crippen LogP contribution is -2.44. The molecule has 4 heterocycles. The summed E-state index contributed by atoms with van der Waals surface area (Å²) in [6.45, 7) is 9.31. The molecule has 0 aliphatic carbocycles. The quantitative estimate of drug-likeness (QED) is 0.926. The van der Waals surface area contributed by atoms with Crippen molar-refractivity contribution in [2.75, 3.05) is 26.2 Å². The third kappa shape index (κ3) is 3.25. The van der Waals surface area contributed by atoms with Gasteiger partial charge in [0.15, 0.2) is 0 Å². The van der Waals surface area contributed by atoms with Crippen LogP contribution in [0.2, 0.25) is 0 Å². The van der Waals surface area contributed by atoms with E-state index in [1.807, 2.05) is 18.7 Å². The Bertz CT molecular complexity index is 694. The van der Waals surface area contributed by atoms with E-state index in [0.29, 0.717) is 6.04 Å². The molecule has 6 heteroatoms. The summed E-state index contributed by atoms with van der Waals surface area (Å²) in [7, 11) is 2.09. The summed E-state index contributed by atoms with van der Waals surface area (Å²) in [5.74, 6) is 1.88. The predicted molar refractivity (Wildman–Crippen MR) is 98.3 cm³/mol. The highest BCUT2D eigenvalue weighted by atomic mass is 15.2. The van der Waals surface area contributed by atoms with Crippen LogP contribution in [0.25, 0.3) is 0 Å². The van der Waals surface area contributed by atoms with Gasteiger partial charge < -0.3 is 14.5 Å². The van der Waals surface area contributed by atoms with Gasteiger partial charge in [0.1, 0.15) is 11.9 Å². The van der Waals surface area contributed by atoms with E-state index in [9.17, 15) is 0 Å². The maximum Gasteiger partial charge on any atom is 0.132 e. The molecule has 4 rings (SSSR count). The summed E-state index contributed by atoms with van der Waals surface area (Å²) in [5.41, 5.74) is 2.44. The first kappa shape index (κ1) is 16.8. The van der Waals surface area contributed by atoms with Gasteiger partial charge in [-0.15, -0.1) is 0 Å². The first-order valence-electron chi connectivity index (χ1n) is 9.61. The molecule has 1 unspecified atom stereocenters. The Kier molecular flexibility index (Phi) is 4.65. The predicted octanol–water partition coefficient (Wildman–Crippen LogP) is 2.21. The third-order valence-corrected chi connectivity index (χ3v) is 6.00. The van der Waals surface area contributed by atoms with Crippen LogP contribution in [-0.2, 0) is 13.5 Å². The molecule has 2 aliphatic heterocycles. The maximum absolute atomic E-state index is 4.66. The van der Waals surface area contributed by atoms with Crippen molar-refractivity contribution >= 4 is 0 Å². The molecule has 0 radical (unpaired) electrons. The number of H-pyrrole nitrogens is 1. The number of aryl methyl sites for hydroxylation is 1. The van der Waals surface area contributed by atoms with Gasteiger partial charge >= 0.3 is 0 Å². The van der Waals surface area contributed by atoms with E-state index in [2.05, 4.69) is 50.2 Å². The Morgan fingerprint density at radius 3 is 2.68 bits per heavy atom. The number of rotatable bonds is 4. The van der Waals surface area contributed by atoms with E-state index < -0.39 is 0 Å². The van der Waals surface area contributed by atoms with E-state index in [1.165, 1.54) is 37.3 Å². The van der Waals surface area contributed by atoms with Crippen LogP contribution < -0.4 is 0 Å². The average molecular weight is 342 g/mol. The van der Waals surface area contributed by atoms with Crippen LogP contribution in [0.1, 0.15) is 49.9 Å². The number of hydrogen-bond donors (Lipinski definition) is 1. The van der Waals surface area contributed by atoms with Crippen LogP contribution in [0.4, 0.5) is 0 Å². The lowest BCUT2D eigenvalue weighted by atomic mass is 9.93. The number of imidazole rings is 2. The van der Waals surface area contributed by atoms with E-state index in [0.717, 1.165) is 31.3 Å². The minimum atomic E-state index is 0.179. The Hall–Kier alpha value is -1.66. The second-order valence-corrected chi connectivity index (χ2v) is 7.88. The van der Waals surface area contributed by atoms with Crippen LogP contribution in [0.15, 0.2) is 18.7 Å². The monoisotopic (exact) mass is 342 g/mol. The minimum Gasteiger partial charge on any atom is -0.348 e. The first-order chi connectivity index (χ1) is 12.1. The molecular formula is C19H30N6. The molecular weight excluding hydrogens is 312 g/mol. The molecule has 0 saturated carbocycles. The maximum atomic E-state index is 4.66. The van der Waals surface area contributed by atoms with Crippen molar-refractivity contribution in [1.82, 2.24) is 29.3 Å². The van der Waals surface area contributed by atoms with Crippen molar-refractivity contribution in [1.29, 1.82) is 0 Å². The second kappa shape index (κ2) is 6.92. The minimum absolute atomic E-state index is 0.179. The largest absolute Gasteiger partial charge is 0.348 e. The van der Waals surface area contributed by atoms with E-state index in [1.54, 1.807) is 0 Å². The molecule has 0 amide bonds. The zero-order valence-electron chi connectivity index (χ0n) is 15.6. The highest BCUT2D eigenvalue weighted by molar-refractivity contribution is 5.26. The topological polar surface area (TPSA) is 53.0 Å². The van der Waals surface area contributed by atoms with Crippen LogP contribution in [0.3, 0.4) is 0 Å². The number of nitrogens with one attached hydrogen (secondary N) is 1. The van der Waals surface area contributed by atoms with Crippen molar-refractivity contribution in [3.63, 3.8) is 0 Å². The van der Waals surface area contributed by atoms with Crippen LogP contribution >= 0.6 is 0 Å². The van der Waals surface area contributed by atoms with Gasteiger partial charge in [0.05, 0.1) is 12.0 Å². The van der Waals surface area contributed by atoms with Gasteiger partial charge in [0, 0.05) is 50.7 Å². The molecule has 1 fully saturated rings. The molecule has 25 heavy (non-hydrogen) atoms. The number of likely N-dealkylation sites (tertiary alicyclic amines) is 1. The van der Waals surface area contributed by atoms with Crippen molar-refractivity contribution in [3.8, 4) is 0 Å². The summed E-state index contributed by atoms with van der Waals surface area (Å²) >= 11 is 0. The van der Waals surface area contributed by atoms with Gasteiger partial charge in [0.2, 0.25) is 0 Å². The SMILES string of the molecule is CC(C)N1CCC(CN2CCc3[nH]cnc3C2c2nccn2C)CC1. The summed E-state index contributed by atoms with van der Waals surface area (Å²) in [6.07, 6.45) is 9.43. The van der Waals surface area contributed by atoms with E-state index in [4.69, 9.17) is 0 Å². The summed E-state index contributed by atoms with van der Waals surface area (Å²) in [4.78, 5) is 17.9. The van der Waals surface area contributed by atoms with Crippen molar-refractivity contribution < 1.29 is 0 Å². The Labute approximate surface area is 150 Å². The summed E-state index contributed by atoms with van der Waals surface area (Å²) in [5, 5.41) is 0. The number of fused-ring (bicyclic) bond motifs is 1. The standard InChI is InChI=1S/C19H30N6/c1-14(2)24-8-4-15(5-9-24)12-25-10-6-16-17(22-13-21-16)18(25)19-20-7-11-23(19)3/h7,11,13-15,18H,4-6,8-10,12H2,1-3H3,(H,21,22). The fourth-order valence-electron chi connectivity index (χ4n) is 4.43. The number of piperidine rings is 1. The highest BCUT2D eigenvalue weighted by Gasteiger charge is 2.35. The van der Waals surface area contributed by atoms with Gasteiger partial charge in [-0.3, -0.25) is 4.90 Å². The fourth-order valence-corrected chi connectivity index (χ4v) is 4.43. The summed E-state index contributed by atoms with van der Waals surface area (Å²) < 4.78 is 2.14. The van der Waals surface area contributed by atoms with Crippen molar-refractivity contribution in [2.24, 2.45) is 13.0 Å². The Morgan fingerprint density at radius 2 is 2.00 bits per heavy atom. The Balaban J connectivity index is 1.52. The third-order valence-electron chi connectivity index (χ3n) is 6.00. The highest BCUT2D eigenvalue weighted by Crippen LogP contribution is 2.34. The molecule has 2 aromatic heterocycles. The van der Waals surface area contributed by atoms with Gasteiger partial charge in [0.25, 0.3) is 0 Å². The second-order valence-electron chi connectivity index (χ2n) is 7.88. The zero-order valence-corrected chi connectivity index (χ0v) is 15.6. The van der Waals surface area contributed by atoms with Crippen LogP contribution in [-0.4, -0.2) is 61.5 Å². The summed E-state index contributed by atoms with van der Waals surface area (Å²) in [6, 6.07) is 0.848. The first-order valence-corrected chi connectivity index (χ1v) is 9.61. The molecule has 0 bridgehead atoms. The van der Waals surface area contributed by atoms with E-state index >= 15 is 0 Å². The smallest absolute Gasteiger partial charge is 0.132 e. The van der Waals surface area contributed by atoms with Crippen molar-refractivity contribution in [2.45, 2.75) is 45.2 Å². The molecule has 0 aromatic carbocycles. The van der Waals surface area contributed by atoms with Crippen LogP contribution in [0, 0.1) is 5.92 Å². The van der Waals surface area contributed by atoms with Crippen LogP contribution in [0.5, 0.6) is 0 Å². The lowest BCUT2D eigenvalue weighted by molar-refractivity contribution is 0.104. The van der Waals surface area contributed by atoms with Gasteiger partial charge in [-0.2, -0.15) is 0 Å². The van der Waals surface area contributed by atoms with E-state index in [-0.39, 0.29) is 6.04 Å². The van der Waals surface area contributed by atoms with Gasteiger partial charge in [-0.05, 0) is 45.7 Å². The zero-order chi connectivity index (χ0) is 17.4. The molecule has 0 spiro atoms. The number of hydrogen-bond acceptors (Lipinski definition) is 4. The number of nitrogens with zero attached hydrogens (tertiary/aromatic N) is 5. The number of aromatic nitrogens is 4. The molecule has 2 aromatic rings. The molecule has 6 nitrogen and oxygen atoms in total. The Morgan fingerprint density at radius 1 is 1.20 bits per heavy atom. The lowest BCUT2D eigenvalue weighted by Gasteiger charge is -2.40. The van der Waals surface area contributed by atoms with Crippen molar-refractivity contribution in [3.05, 3.63) is 35.9 Å².